The van der Waals surface area contributed by atoms with Crippen LogP contribution >= 0.6 is 0 Å². The Balaban J connectivity index is 1.95. The number of nitrogens with two attached hydrogens (primary N) is 1. The second-order valence-corrected chi connectivity index (χ2v) is 7.38. The number of anilines is 1. The van der Waals surface area contributed by atoms with Gasteiger partial charge in [0.25, 0.3) is 0 Å². The van der Waals surface area contributed by atoms with Gasteiger partial charge in [0.1, 0.15) is 5.82 Å². The molecule has 0 heterocycles. The zero-order valence-corrected chi connectivity index (χ0v) is 12.3. The topological polar surface area (TPSA) is 60.2 Å². The van der Waals surface area contributed by atoms with Gasteiger partial charge in [0.05, 0.1) is 10.6 Å². The summed E-state index contributed by atoms with van der Waals surface area (Å²) >= 11 is 0. The molecule has 0 fully saturated rings. The Morgan fingerprint density at radius 3 is 2.62 bits per heavy atom. The number of benzene rings is 2. The number of sulfone groups is 1. The monoisotopic (exact) mass is 305 g/mol. The fraction of sp³-hybridized carbons (Fsp3) is 0.250. The molecule has 0 spiro atoms. The first kappa shape index (κ1) is 14.1. The highest BCUT2D eigenvalue weighted by atomic mass is 32.2. The van der Waals surface area contributed by atoms with Gasteiger partial charge < -0.3 is 5.73 Å². The lowest BCUT2D eigenvalue weighted by Gasteiger charge is -2.09. The van der Waals surface area contributed by atoms with Crippen molar-refractivity contribution in [3.8, 4) is 0 Å². The van der Waals surface area contributed by atoms with Crippen LogP contribution < -0.4 is 5.73 Å². The molecule has 0 saturated carbocycles. The molecule has 2 aromatic carbocycles. The number of hydrogen-bond donors (Lipinski definition) is 1. The van der Waals surface area contributed by atoms with Crippen LogP contribution in [0.4, 0.5) is 10.1 Å². The van der Waals surface area contributed by atoms with Crippen molar-refractivity contribution in [3.63, 3.8) is 0 Å². The average Bonchev–Trinajstić information content (AvgIpc) is 2.90. The van der Waals surface area contributed by atoms with Crippen LogP contribution in [0, 0.1) is 5.82 Å². The van der Waals surface area contributed by atoms with Gasteiger partial charge in [-0.1, -0.05) is 6.07 Å². The fourth-order valence-corrected chi connectivity index (χ4v) is 4.15. The summed E-state index contributed by atoms with van der Waals surface area (Å²) in [6.45, 7) is 0. The quantitative estimate of drug-likeness (QED) is 0.887. The van der Waals surface area contributed by atoms with Gasteiger partial charge in [-0.3, -0.25) is 0 Å². The van der Waals surface area contributed by atoms with E-state index < -0.39 is 15.7 Å². The summed E-state index contributed by atoms with van der Waals surface area (Å²) in [5.74, 6) is -0.765. The van der Waals surface area contributed by atoms with E-state index in [9.17, 15) is 12.8 Å². The molecule has 21 heavy (non-hydrogen) atoms. The summed E-state index contributed by atoms with van der Waals surface area (Å²) < 4.78 is 38.2. The molecule has 0 saturated heterocycles. The minimum Gasteiger partial charge on any atom is -0.398 e. The number of halogens is 1. The Kier molecular flexibility index (Phi) is 3.45. The van der Waals surface area contributed by atoms with Gasteiger partial charge in [-0.15, -0.1) is 0 Å². The SMILES string of the molecule is Nc1ccc(F)cc1CS(=O)(=O)c1ccc2c(c1)CCC2. The molecule has 3 rings (SSSR count). The summed E-state index contributed by atoms with van der Waals surface area (Å²) in [7, 11) is -3.52. The lowest BCUT2D eigenvalue weighted by Crippen LogP contribution is -2.08. The van der Waals surface area contributed by atoms with Crippen LogP contribution in [0.2, 0.25) is 0 Å². The van der Waals surface area contributed by atoms with Crippen molar-refractivity contribution < 1.29 is 12.8 Å². The van der Waals surface area contributed by atoms with E-state index in [-0.39, 0.29) is 10.6 Å². The molecule has 1 aliphatic rings. The summed E-state index contributed by atoms with van der Waals surface area (Å²) in [6.07, 6.45) is 2.99. The normalized spacial score (nSPS) is 14.1. The second kappa shape index (κ2) is 5.15. The molecule has 0 aromatic heterocycles. The van der Waals surface area contributed by atoms with E-state index in [2.05, 4.69) is 0 Å². The Morgan fingerprint density at radius 2 is 1.81 bits per heavy atom. The maximum Gasteiger partial charge on any atom is 0.182 e. The van der Waals surface area contributed by atoms with Crippen molar-refractivity contribution in [2.45, 2.75) is 29.9 Å². The Hall–Kier alpha value is -1.88. The molecule has 110 valence electrons. The van der Waals surface area contributed by atoms with Crippen LogP contribution in [0.5, 0.6) is 0 Å². The number of aryl methyl sites for hydroxylation is 2. The van der Waals surface area contributed by atoms with Crippen molar-refractivity contribution in [3.05, 3.63) is 58.9 Å². The van der Waals surface area contributed by atoms with E-state index in [1.807, 2.05) is 6.07 Å². The maximum atomic E-state index is 13.3. The standard InChI is InChI=1S/C16H16FNO2S/c17-14-5-7-16(18)13(8-14)10-21(19,20)15-6-4-11-2-1-3-12(11)9-15/h4-9H,1-3,10,18H2. The molecular formula is C16H16FNO2S. The van der Waals surface area contributed by atoms with E-state index in [0.717, 1.165) is 24.8 Å². The van der Waals surface area contributed by atoms with Crippen molar-refractivity contribution in [1.82, 2.24) is 0 Å². The first-order valence-corrected chi connectivity index (χ1v) is 8.49. The number of nitrogen functional groups attached to an aromatic ring is 1. The predicted molar refractivity (Wildman–Crippen MR) is 80.2 cm³/mol. The number of hydrogen-bond acceptors (Lipinski definition) is 3. The summed E-state index contributed by atoms with van der Waals surface area (Å²) in [6, 6.07) is 9.05. The molecule has 2 aromatic rings. The zero-order valence-electron chi connectivity index (χ0n) is 11.5. The highest BCUT2D eigenvalue weighted by molar-refractivity contribution is 7.90. The minimum atomic E-state index is -3.52. The summed E-state index contributed by atoms with van der Waals surface area (Å²) in [5.41, 5.74) is 8.65. The van der Waals surface area contributed by atoms with Crippen molar-refractivity contribution >= 4 is 15.5 Å². The molecule has 3 nitrogen and oxygen atoms in total. The van der Waals surface area contributed by atoms with Gasteiger partial charge in [-0.25, -0.2) is 12.8 Å². The molecule has 0 unspecified atom stereocenters. The molecule has 0 atom stereocenters. The first-order chi connectivity index (χ1) is 9.95. The molecule has 2 N–H and O–H groups in total. The van der Waals surface area contributed by atoms with E-state index in [1.54, 1.807) is 12.1 Å². The minimum absolute atomic E-state index is 0.282. The van der Waals surface area contributed by atoms with E-state index in [4.69, 9.17) is 5.73 Å². The predicted octanol–water partition coefficient (Wildman–Crippen LogP) is 2.87. The van der Waals surface area contributed by atoms with E-state index in [1.165, 1.54) is 23.8 Å². The smallest absolute Gasteiger partial charge is 0.182 e. The van der Waals surface area contributed by atoms with Crippen molar-refractivity contribution in [1.29, 1.82) is 0 Å². The zero-order chi connectivity index (χ0) is 15.0. The third-order valence-electron chi connectivity index (χ3n) is 3.88. The summed E-state index contributed by atoms with van der Waals surface area (Å²) in [5, 5.41) is 0. The van der Waals surface area contributed by atoms with E-state index >= 15 is 0 Å². The van der Waals surface area contributed by atoms with E-state index in [0.29, 0.717) is 11.3 Å². The average molecular weight is 305 g/mol. The Morgan fingerprint density at radius 1 is 1.05 bits per heavy atom. The van der Waals surface area contributed by atoms with Crippen LogP contribution in [0.3, 0.4) is 0 Å². The molecule has 1 aliphatic carbocycles. The third-order valence-corrected chi connectivity index (χ3v) is 5.54. The van der Waals surface area contributed by atoms with Crippen LogP contribution in [0.15, 0.2) is 41.3 Å². The fourth-order valence-electron chi connectivity index (χ4n) is 2.73. The first-order valence-electron chi connectivity index (χ1n) is 6.84. The van der Waals surface area contributed by atoms with Crippen LogP contribution in [-0.4, -0.2) is 8.42 Å². The van der Waals surface area contributed by atoms with Gasteiger partial charge in [-0.05, 0) is 66.3 Å². The van der Waals surface area contributed by atoms with Crippen LogP contribution in [0.1, 0.15) is 23.1 Å². The van der Waals surface area contributed by atoms with Crippen molar-refractivity contribution in [2.75, 3.05) is 5.73 Å². The van der Waals surface area contributed by atoms with Gasteiger partial charge in [0.15, 0.2) is 9.84 Å². The molecule has 0 amide bonds. The Labute approximate surface area is 123 Å². The Bertz CT molecular complexity index is 800. The maximum absolute atomic E-state index is 13.3. The highest BCUT2D eigenvalue weighted by Gasteiger charge is 2.20. The number of rotatable bonds is 3. The highest BCUT2D eigenvalue weighted by Crippen LogP contribution is 2.27. The van der Waals surface area contributed by atoms with Crippen molar-refractivity contribution in [2.24, 2.45) is 0 Å². The lowest BCUT2D eigenvalue weighted by molar-refractivity contribution is 0.594. The van der Waals surface area contributed by atoms with Crippen LogP contribution in [-0.2, 0) is 28.4 Å². The van der Waals surface area contributed by atoms with Gasteiger partial charge in [0.2, 0.25) is 0 Å². The number of fused-ring (bicyclic) bond motifs is 1. The van der Waals surface area contributed by atoms with Crippen LogP contribution in [0.25, 0.3) is 0 Å². The summed E-state index contributed by atoms with van der Waals surface area (Å²) in [4.78, 5) is 0.284. The molecule has 0 bridgehead atoms. The van der Waals surface area contributed by atoms with Gasteiger partial charge in [-0.2, -0.15) is 0 Å². The second-order valence-electron chi connectivity index (χ2n) is 5.39. The molecule has 0 radical (unpaired) electrons. The van der Waals surface area contributed by atoms with Gasteiger partial charge >= 0.3 is 0 Å². The molecule has 0 aliphatic heterocycles. The molecular weight excluding hydrogens is 289 g/mol. The largest absolute Gasteiger partial charge is 0.398 e. The molecule has 5 heteroatoms. The lowest BCUT2D eigenvalue weighted by atomic mass is 10.1. The third kappa shape index (κ3) is 2.78. The van der Waals surface area contributed by atoms with Gasteiger partial charge in [0, 0.05) is 5.69 Å².